The molecule has 0 amide bonds. The quantitative estimate of drug-likeness (QED) is 0.796. The summed E-state index contributed by atoms with van der Waals surface area (Å²) in [5.74, 6) is 0. The fourth-order valence-corrected chi connectivity index (χ4v) is 5.15. The molecule has 2 aliphatic rings. The Hall–Kier alpha value is -1.31. The third-order valence-electron chi connectivity index (χ3n) is 5.28. The number of rotatable bonds is 6. The molecule has 7 heteroatoms. The van der Waals surface area contributed by atoms with Gasteiger partial charge in [0.1, 0.15) is 0 Å². The molecule has 2 fully saturated rings. The topological polar surface area (TPSA) is 64.7 Å². The van der Waals surface area contributed by atoms with Crippen molar-refractivity contribution in [2.24, 2.45) is 0 Å². The van der Waals surface area contributed by atoms with Crippen molar-refractivity contribution in [1.82, 2.24) is 9.62 Å². The Morgan fingerprint density at radius 3 is 2.15 bits per heavy atom. The summed E-state index contributed by atoms with van der Waals surface area (Å²) < 4.78 is 29.0. The van der Waals surface area contributed by atoms with Crippen molar-refractivity contribution >= 4 is 21.6 Å². The van der Waals surface area contributed by atoms with Crippen molar-refractivity contribution in [3.05, 3.63) is 24.3 Å². The molecule has 0 unspecified atom stereocenters. The standard InChI is InChI=1S/C19H32N4O2S/c1-16(2)20-26(24,25)21-17-8-10-19(11-9-17)23-14-12-22(13-15-23)18-6-4-3-5-7-18/h8-11,16,18,20-21H,3-7,12-15H2,1-2H3. The van der Waals surface area contributed by atoms with Crippen LogP contribution in [0.4, 0.5) is 11.4 Å². The lowest BCUT2D eigenvalue weighted by molar-refractivity contribution is 0.148. The number of benzene rings is 1. The molecule has 0 atom stereocenters. The molecule has 1 saturated carbocycles. The first kappa shape index (κ1) is 19.5. The number of anilines is 2. The third-order valence-corrected chi connectivity index (χ3v) is 6.57. The van der Waals surface area contributed by atoms with E-state index in [-0.39, 0.29) is 6.04 Å². The van der Waals surface area contributed by atoms with E-state index in [1.165, 1.54) is 32.1 Å². The van der Waals surface area contributed by atoms with E-state index in [9.17, 15) is 8.42 Å². The van der Waals surface area contributed by atoms with Crippen LogP contribution in [0.25, 0.3) is 0 Å². The van der Waals surface area contributed by atoms with Crippen LogP contribution in [-0.4, -0.2) is 51.6 Å². The van der Waals surface area contributed by atoms with Gasteiger partial charge in [-0.1, -0.05) is 19.3 Å². The van der Waals surface area contributed by atoms with E-state index in [1.54, 1.807) is 13.8 Å². The Morgan fingerprint density at radius 2 is 1.58 bits per heavy atom. The summed E-state index contributed by atoms with van der Waals surface area (Å²) in [5, 5.41) is 0. The molecule has 1 heterocycles. The van der Waals surface area contributed by atoms with Gasteiger partial charge in [0.15, 0.2) is 0 Å². The smallest absolute Gasteiger partial charge is 0.299 e. The summed E-state index contributed by atoms with van der Waals surface area (Å²) in [5.41, 5.74) is 1.75. The van der Waals surface area contributed by atoms with Crippen LogP contribution < -0.4 is 14.3 Å². The average Bonchev–Trinajstić information content (AvgIpc) is 2.62. The van der Waals surface area contributed by atoms with Gasteiger partial charge < -0.3 is 4.90 Å². The first-order valence-corrected chi connectivity index (χ1v) is 11.3. The summed E-state index contributed by atoms with van der Waals surface area (Å²) in [4.78, 5) is 5.06. The maximum Gasteiger partial charge on any atom is 0.299 e. The summed E-state index contributed by atoms with van der Waals surface area (Å²) in [7, 11) is -3.51. The van der Waals surface area contributed by atoms with E-state index >= 15 is 0 Å². The molecular weight excluding hydrogens is 348 g/mol. The lowest BCUT2D eigenvalue weighted by Gasteiger charge is -2.41. The molecule has 1 aliphatic carbocycles. The van der Waals surface area contributed by atoms with Gasteiger partial charge in [-0.05, 0) is 51.0 Å². The molecule has 6 nitrogen and oxygen atoms in total. The highest BCUT2D eigenvalue weighted by atomic mass is 32.2. The van der Waals surface area contributed by atoms with Gasteiger partial charge in [0.2, 0.25) is 0 Å². The molecule has 0 radical (unpaired) electrons. The lowest BCUT2D eigenvalue weighted by atomic mass is 9.94. The zero-order valence-corrected chi connectivity index (χ0v) is 16.8. The van der Waals surface area contributed by atoms with Crippen molar-refractivity contribution in [2.45, 2.75) is 58.0 Å². The van der Waals surface area contributed by atoms with Gasteiger partial charge in [-0.2, -0.15) is 13.1 Å². The van der Waals surface area contributed by atoms with E-state index in [2.05, 4.69) is 19.2 Å². The van der Waals surface area contributed by atoms with Crippen LogP contribution in [0.5, 0.6) is 0 Å². The molecule has 0 spiro atoms. The van der Waals surface area contributed by atoms with Crippen molar-refractivity contribution < 1.29 is 8.42 Å². The Balaban J connectivity index is 1.53. The van der Waals surface area contributed by atoms with Crippen molar-refractivity contribution in [1.29, 1.82) is 0 Å². The highest BCUT2D eigenvalue weighted by molar-refractivity contribution is 7.90. The molecule has 1 aliphatic heterocycles. The zero-order valence-electron chi connectivity index (χ0n) is 15.9. The fraction of sp³-hybridized carbons (Fsp3) is 0.684. The minimum Gasteiger partial charge on any atom is -0.369 e. The highest BCUT2D eigenvalue weighted by Crippen LogP contribution is 2.25. The van der Waals surface area contributed by atoms with Gasteiger partial charge >= 0.3 is 0 Å². The first-order valence-electron chi connectivity index (χ1n) is 9.82. The number of nitrogens with zero attached hydrogens (tertiary/aromatic N) is 2. The Morgan fingerprint density at radius 1 is 0.962 bits per heavy atom. The molecule has 26 heavy (non-hydrogen) atoms. The van der Waals surface area contributed by atoms with Gasteiger partial charge in [-0.3, -0.25) is 9.62 Å². The van der Waals surface area contributed by atoms with Crippen LogP contribution in [-0.2, 0) is 10.2 Å². The molecule has 2 N–H and O–H groups in total. The second kappa shape index (κ2) is 8.59. The maximum atomic E-state index is 11.9. The SMILES string of the molecule is CC(C)NS(=O)(=O)Nc1ccc(N2CCN(C3CCCCC3)CC2)cc1. The minimum atomic E-state index is -3.51. The van der Waals surface area contributed by atoms with Gasteiger partial charge in [-0.15, -0.1) is 0 Å². The molecule has 1 aromatic carbocycles. The van der Waals surface area contributed by atoms with Gasteiger partial charge in [0.25, 0.3) is 10.2 Å². The second-order valence-electron chi connectivity index (χ2n) is 7.74. The zero-order chi connectivity index (χ0) is 18.6. The highest BCUT2D eigenvalue weighted by Gasteiger charge is 2.25. The summed E-state index contributed by atoms with van der Waals surface area (Å²) in [6.07, 6.45) is 6.89. The maximum absolute atomic E-state index is 11.9. The molecule has 1 aromatic rings. The number of hydrogen-bond donors (Lipinski definition) is 2. The fourth-order valence-electron chi connectivity index (χ4n) is 4.03. The summed E-state index contributed by atoms with van der Waals surface area (Å²) >= 11 is 0. The lowest BCUT2D eigenvalue weighted by Crippen LogP contribution is -2.50. The third kappa shape index (κ3) is 5.34. The number of nitrogens with one attached hydrogen (secondary N) is 2. The molecule has 0 bridgehead atoms. The number of hydrogen-bond acceptors (Lipinski definition) is 4. The molecular formula is C19H32N4O2S. The summed E-state index contributed by atoms with van der Waals surface area (Å²) in [6, 6.07) is 8.33. The molecule has 146 valence electrons. The minimum absolute atomic E-state index is 0.132. The van der Waals surface area contributed by atoms with Crippen molar-refractivity contribution in [2.75, 3.05) is 35.8 Å². The van der Waals surface area contributed by atoms with Crippen LogP contribution in [0.2, 0.25) is 0 Å². The van der Waals surface area contributed by atoms with E-state index in [0.29, 0.717) is 5.69 Å². The Bertz CT molecular complexity index is 661. The van der Waals surface area contributed by atoms with Crippen LogP contribution >= 0.6 is 0 Å². The van der Waals surface area contributed by atoms with E-state index in [1.807, 2.05) is 24.3 Å². The van der Waals surface area contributed by atoms with Crippen molar-refractivity contribution in [3.63, 3.8) is 0 Å². The largest absolute Gasteiger partial charge is 0.369 e. The first-order chi connectivity index (χ1) is 12.4. The molecule has 1 saturated heterocycles. The Kier molecular flexibility index (Phi) is 6.42. The van der Waals surface area contributed by atoms with E-state index in [4.69, 9.17) is 0 Å². The van der Waals surface area contributed by atoms with Gasteiger partial charge in [-0.25, -0.2) is 0 Å². The second-order valence-corrected chi connectivity index (χ2v) is 9.19. The van der Waals surface area contributed by atoms with Crippen LogP contribution in [0, 0.1) is 0 Å². The summed E-state index contributed by atoms with van der Waals surface area (Å²) in [6.45, 7) is 7.92. The van der Waals surface area contributed by atoms with E-state index in [0.717, 1.165) is 37.9 Å². The van der Waals surface area contributed by atoms with Crippen LogP contribution in [0.3, 0.4) is 0 Å². The van der Waals surface area contributed by atoms with Gasteiger partial charge in [0.05, 0.1) is 0 Å². The van der Waals surface area contributed by atoms with E-state index < -0.39 is 10.2 Å². The normalized spacial score (nSPS) is 20.5. The molecule has 0 aromatic heterocycles. The molecule has 3 rings (SSSR count). The van der Waals surface area contributed by atoms with Crippen molar-refractivity contribution in [3.8, 4) is 0 Å². The van der Waals surface area contributed by atoms with Crippen LogP contribution in [0.15, 0.2) is 24.3 Å². The average molecular weight is 381 g/mol. The van der Waals surface area contributed by atoms with Crippen LogP contribution in [0.1, 0.15) is 46.0 Å². The van der Waals surface area contributed by atoms with Gasteiger partial charge in [0, 0.05) is 49.6 Å². The Labute approximate surface area is 158 Å². The predicted molar refractivity (Wildman–Crippen MR) is 108 cm³/mol. The predicted octanol–water partition coefficient (Wildman–Crippen LogP) is 2.80. The number of piperazine rings is 1. The monoisotopic (exact) mass is 380 g/mol.